The molecule has 0 aromatic heterocycles. The first-order valence-corrected chi connectivity index (χ1v) is 11.2. The number of nitrogens with zero attached hydrogens (tertiary/aromatic N) is 3. The third-order valence-electron chi connectivity index (χ3n) is 5.78. The summed E-state index contributed by atoms with van der Waals surface area (Å²) in [5.41, 5.74) is 3.35. The molecule has 170 valence electrons. The third-order valence-corrected chi connectivity index (χ3v) is 6.03. The van der Waals surface area contributed by atoms with Crippen LogP contribution in [0.25, 0.3) is 4.85 Å². The molecule has 0 aliphatic carbocycles. The number of aliphatic hydroxyl groups is 1. The summed E-state index contributed by atoms with van der Waals surface area (Å²) in [6.45, 7) is 10.0. The Morgan fingerprint density at radius 3 is 2.48 bits per heavy atom. The van der Waals surface area contributed by atoms with E-state index in [0.717, 1.165) is 24.2 Å². The first-order valence-electron chi connectivity index (χ1n) is 10.8. The van der Waals surface area contributed by atoms with Crippen LogP contribution in [0, 0.1) is 12.4 Å². The van der Waals surface area contributed by atoms with Crippen molar-refractivity contribution in [2.75, 3.05) is 37.7 Å². The molecule has 0 radical (unpaired) electrons. The molecule has 1 saturated heterocycles. The minimum Gasteiger partial charge on any atom is -0.491 e. The van der Waals surface area contributed by atoms with Gasteiger partial charge in [0.25, 0.3) is 0 Å². The average Bonchev–Trinajstić information content (AvgIpc) is 2.84. The zero-order valence-electron chi connectivity index (χ0n) is 18.1. The number of benzene rings is 3. The Kier molecular flexibility index (Phi) is 7.46. The standard InChI is InChI=1S/C26H25ClFN3O2/c1-29-22-8-2-19(3-9-22)17-30-12-13-31(26(18-30)20-4-6-21(27)7-5-20)25-11-10-23(16-24(25)28)33-15-14-32/h2-11,16,26,32H,12-15,17-18H2/t26-/m0/s1. The Balaban J connectivity index is 1.58. The van der Waals surface area contributed by atoms with E-state index in [0.29, 0.717) is 35.2 Å². The number of aliphatic hydroxyl groups excluding tert-OH is 1. The van der Waals surface area contributed by atoms with Gasteiger partial charge in [0.15, 0.2) is 5.69 Å². The van der Waals surface area contributed by atoms with E-state index < -0.39 is 0 Å². The fraction of sp³-hybridized carbons (Fsp3) is 0.269. The zero-order chi connectivity index (χ0) is 23.2. The van der Waals surface area contributed by atoms with Crippen LogP contribution in [0.4, 0.5) is 15.8 Å². The van der Waals surface area contributed by atoms with E-state index in [-0.39, 0.29) is 25.1 Å². The molecule has 1 N–H and O–H groups in total. The lowest BCUT2D eigenvalue weighted by atomic mass is 10.0. The first kappa shape index (κ1) is 23.1. The van der Waals surface area contributed by atoms with Gasteiger partial charge >= 0.3 is 0 Å². The van der Waals surface area contributed by atoms with Crippen LogP contribution in [0.15, 0.2) is 66.7 Å². The maximum absolute atomic E-state index is 15.1. The SMILES string of the molecule is [C-]#[N+]c1ccc(CN2CCN(c3ccc(OCCO)cc3F)[C@H](c3ccc(Cl)cc3)C2)cc1. The van der Waals surface area contributed by atoms with Gasteiger partial charge in [-0.05, 0) is 35.4 Å². The van der Waals surface area contributed by atoms with Crippen molar-refractivity contribution in [1.82, 2.24) is 4.90 Å². The molecule has 7 heteroatoms. The molecular weight excluding hydrogens is 441 g/mol. The van der Waals surface area contributed by atoms with Gasteiger partial charge in [-0.15, -0.1) is 0 Å². The zero-order valence-corrected chi connectivity index (χ0v) is 18.9. The quantitative estimate of drug-likeness (QED) is 0.470. The molecule has 1 aliphatic rings. The highest BCUT2D eigenvalue weighted by molar-refractivity contribution is 6.30. The van der Waals surface area contributed by atoms with E-state index in [1.54, 1.807) is 12.1 Å². The van der Waals surface area contributed by atoms with Gasteiger partial charge in [-0.25, -0.2) is 9.24 Å². The van der Waals surface area contributed by atoms with Gasteiger partial charge in [0, 0.05) is 37.3 Å². The van der Waals surface area contributed by atoms with Gasteiger partial charge < -0.3 is 14.7 Å². The summed E-state index contributed by atoms with van der Waals surface area (Å²) in [6, 6.07) is 20.1. The highest BCUT2D eigenvalue weighted by Gasteiger charge is 2.30. The van der Waals surface area contributed by atoms with Crippen LogP contribution < -0.4 is 9.64 Å². The molecule has 0 saturated carbocycles. The largest absolute Gasteiger partial charge is 0.491 e. The van der Waals surface area contributed by atoms with Gasteiger partial charge in [0.2, 0.25) is 0 Å². The summed E-state index contributed by atoms with van der Waals surface area (Å²) in [4.78, 5) is 7.89. The van der Waals surface area contributed by atoms with E-state index in [9.17, 15) is 0 Å². The van der Waals surface area contributed by atoms with Crippen molar-refractivity contribution < 1.29 is 14.2 Å². The monoisotopic (exact) mass is 465 g/mol. The van der Waals surface area contributed by atoms with Crippen LogP contribution in [0.3, 0.4) is 0 Å². The Labute approximate surface area is 198 Å². The fourth-order valence-electron chi connectivity index (χ4n) is 4.15. The molecule has 0 unspecified atom stereocenters. The number of hydrogen-bond acceptors (Lipinski definition) is 4. The third kappa shape index (κ3) is 5.63. The number of anilines is 1. The molecule has 4 rings (SSSR count). The fourth-order valence-corrected chi connectivity index (χ4v) is 4.28. The molecule has 0 spiro atoms. The minimum absolute atomic E-state index is 0.0581. The number of ether oxygens (including phenoxy) is 1. The second-order valence-electron chi connectivity index (χ2n) is 7.96. The van der Waals surface area contributed by atoms with Gasteiger partial charge in [-0.2, -0.15) is 0 Å². The van der Waals surface area contributed by atoms with Gasteiger partial charge in [0.1, 0.15) is 18.2 Å². The summed E-state index contributed by atoms with van der Waals surface area (Å²) in [7, 11) is 0. The van der Waals surface area contributed by atoms with Crippen LogP contribution in [0.5, 0.6) is 5.75 Å². The molecule has 0 amide bonds. The van der Waals surface area contributed by atoms with Crippen molar-refractivity contribution in [3.05, 3.63) is 100 Å². The number of rotatable bonds is 7. The van der Waals surface area contributed by atoms with Crippen molar-refractivity contribution in [2.45, 2.75) is 12.6 Å². The van der Waals surface area contributed by atoms with E-state index in [1.165, 1.54) is 6.07 Å². The van der Waals surface area contributed by atoms with Gasteiger partial charge in [-0.3, -0.25) is 4.90 Å². The van der Waals surface area contributed by atoms with E-state index in [1.807, 2.05) is 48.5 Å². The Morgan fingerprint density at radius 2 is 1.82 bits per heavy atom. The minimum atomic E-state index is -0.354. The highest BCUT2D eigenvalue weighted by Crippen LogP contribution is 2.35. The Morgan fingerprint density at radius 1 is 1.06 bits per heavy atom. The number of piperazine rings is 1. The average molecular weight is 466 g/mol. The van der Waals surface area contributed by atoms with Crippen molar-refractivity contribution in [1.29, 1.82) is 0 Å². The number of halogens is 2. The smallest absolute Gasteiger partial charge is 0.187 e. The summed E-state index contributed by atoms with van der Waals surface area (Å²) < 4.78 is 20.4. The van der Waals surface area contributed by atoms with Crippen LogP contribution in [-0.4, -0.2) is 42.9 Å². The molecular formula is C26H25ClFN3O2. The van der Waals surface area contributed by atoms with Gasteiger partial charge in [0.05, 0.1) is 24.9 Å². The van der Waals surface area contributed by atoms with Crippen molar-refractivity contribution in [3.8, 4) is 5.75 Å². The molecule has 5 nitrogen and oxygen atoms in total. The first-order chi connectivity index (χ1) is 16.1. The maximum atomic E-state index is 15.1. The summed E-state index contributed by atoms with van der Waals surface area (Å²) in [6.07, 6.45) is 0. The lowest BCUT2D eigenvalue weighted by Gasteiger charge is -2.43. The molecule has 3 aromatic carbocycles. The topological polar surface area (TPSA) is 40.3 Å². The molecule has 1 fully saturated rings. The van der Waals surface area contributed by atoms with E-state index in [2.05, 4.69) is 14.6 Å². The lowest BCUT2D eigenvalue weighted by molar-refractivity contribution is 0.200. The Bertz CT molecular complexity index is 1120. The maximum Gasteiger partial charge on any atom is 0.187 e. The molecule has 3 aromatic rings. The molecule has 1 atom stereocenters. The Hall–Kier alpha value is -3.11. The molecule has 33 heavy (non-hydrogen) atoms. The van der Waals surface area contributed by atoms with E-state index in [4.69, 9.17) is 28.0 Å². The van der Waals surface area contributed by atoms with Crippen molar-refractivity contribution >= 4 is 23.0 Å². The van der Waals surface area contributed by atoms with Crippen LogP contribution in [0.1, 0.15) is 17.2 Å². The second kappa shape index (κ2) is 10.7. The summed E-state index contributed by atoms with van der Waals surface area (Å²) >= 11 is 6.11. The molecule has 1 aliphatic heterocycles. The predicted octanol–water partition coefficient (Wildman–Crippen LogP) is 5.46. The van der Waals surface area contributed by atoms with Crippen molar-refractivity contribution in [3.63, 3.8) is 0 Å². The van der Waals surface area contributed by atoms with Gasteiger partial charge in [-0.1, -0.05) is 48.0 Å². The van der Waals surface area contributed by atoms with Crippen LogP contribution >= 0.6 is 11.6 Å². The number of hydrogen-bond donors (Lipinski definition) is 1. The molecule has 1 heterocycles. The normalized spacial score (nSPS) is 16.4. The lowest BCUT2D eigenvalue weighted by Crippen LogP contribution is -2.48. The van der Waals surface area contributed by atoms with Crippen molar-refractivity contribution in [2.24, 2.45) is 0 Å². The molecule has 0 bridgehead atoms. The second-order valence-corrected chi connectivity index (χ2v) is 8.40. The van der Waals surface area contributed by atoms with Crippen LogP contribution in [-0.2, 0) is 6.54 Å². The van der Waals surface area contributed by atoms with Crippen LogP contribution in [0.2, 0.25) is 5.02 Å². The highest BCUT2D eigenvalue weighted by atomic mass is 35.5. The van der Waals surface area contributed by atoms with E-state index >= 15 is 4.39 Å². The summed E-state index contributed by atoms with van der Waals surface area (Å²) in [5, 5.41) is 9.60. The summed E-state index contributed by atoms with van der Waals surface area (Å²) in [5.74, 6) is 0.0439. The predicted molar refractivity (Wildman–Crippen MR) is 129 cm³/mol.